The van der Waals surface area contributed by atoms with Crippen LogP contribution in [0.1, 0.15) is 213 Å². The van der Waals surface area contributed by atoms with E-state index in [1.807, 2.05) is 0 Å². The summed E-state index contributed by atoms with van der Waals surface area (Å²) >= 11 is 0. The summed E-state index contributed by atoms with van der Waals surface area (Å²) in [5, 5.41) is 0. The molecule has 59 heavy (non-hydrogen) atoms. The average molecular weight is 821 g/mol. The first kappa shape index (κ1) is 55.6. The maximum Gasteiger partial charge on any atom is 0.306 e. The fourth-order valence-corrected chi connectivity index (χ4v) is 6.35. The third-order valence-corrected chi connectivity index (χ3v) is 9.98. The Morgan fingerprint density at radius 1 is 0.373 bits per heavy atom. The lowest BCUT2D eigenvalue weighted by atomic mass is 10.1. The van der Waals surface area contributed by atoms with E-state index in [1.54, 1.807) is 0 Å². The Bertz CT molecular complexity index is 1170. The van der Waals surface area contributed by atoms with Gasteiger partial charge in [-0.2, -0.15) is 0 Å². The average Bonchev–Trinajstić information content (AvgIpc) is 3.23. The van der Waals surface area contributed by atoms with Crippen LogP contribution in [0.25, 0.3) is 0 Å². The molecular weight excluding hydrogens is 733 g/mol. The molecule has 0 rings (SSSR count). The minimum Gasteiger partial charge on any atom is -0.462 e. The van der Waals surface area contributed by atoms with Crippen molar-refractivity contribution < 1.29 is 28.6 Å². The lowest BCUT2D eigenvalue weighted by Gasteiger charge is -2.18. The van der Waals surface area contributed by atoms with Gasteiger partial charge in [0.25, 0.3) is 0 Å². The van der Waals surface area contributed by atoms with Gasteiger partial charge in [-0.05, 0) is 77.0 Å². The van der Waals surface area contributed by atoms with Crippen LogP contribution >= 0.6 is 0 Å². The standard InChI is InChI=1S/C53H88O6/c1-4-7-10-13-16-19-21-23-25-26-27-28-30-31-34-37-40-43-46-52(55)58-49-50(48-57-51(54)45-42-39-36-33-18-15-12-9-6-3)59-53(56)47-44-41-38-35-32-29-24-22-20-17-14-11-8-5-2/h8,11,16-17,19-21,23-29,50H,4-7,9-10,12-15,18,22,30-49H2,1-3H3/b11-8-,19-16-,20-17-,23-21-,26-25-,28-27-,29-24-. The van der Waals surface area contributed by atoms with Gasteiger partial charge in [0.15, 0.2) is 6.10 Å². The summed E-state index contributed by atoms with van der Waals surface area (Å²) in [4.78, 5) is 37.8. The first-order valence-corrected chi connectivity index (χ1v) is 24.1. The molecule has 1 atom stereocenters. The van der Waals surface area contributed by atoms with Gasteiger partial charge in [0, 0.05) is 19.3 Å². The minimum atomic E-state index is -0.795. The van der Waals surface area contributed by atoms with Gasteiger partial charge >= 0.3 is 17.9 Å². The normalized spacial score (nSPS) is 12.8. The van der Waals surface area contributed by atoms with Crippen molar-refractivity contribution in [3.63, 3.8) is 0 Å². The molecule has 0 bridgehead atoms. The highest BCUT2D eigenvalue weighted by atomic mass is 16.6. The predicted molar refractivity (Wildman–Crippen MR) is 251 cm³/mol. The number of carbonyl (C=O) groups is 3. The Morgan fingerprint density at radius 2 is 0.729 bits per heavy atom. The van der Waals surface area contributed by atoms with E-state index in [1.165, 1.54) is 57.8 Å². The number of ether oxygens (including phenoxy) is 3. The second-order valence-electron chi connectivity index (χ2n) is 15.7. The summed E-state index contributed by atoms with van der Waals surface area (Å²) in [5.41, 5.74) is 0. The molecule has 0 saturated heterocycles. The smallest absolute Gasteiger partial charge is 0.306 e. The minimum absolute atomic E-state index is 0.0935. The zero-order valence-electron chi connectivity index (χ0n) is 38.2. The van der Waals surface area contributed by atoms with E-state index in [9.17, 15) is 14.4 Å². The topological polar surface area (TPSA) is 78.9 Å². The third-order valence-electron chi connectivity index (χ3n) is 9.98. The molecule has 0 N–H and O–H groups in total. The molecule has 0 aliphatic carbocycles. The number of allylic oxidation sites excluding steroid dienone is 14. The Morgan fingerprint density at radius 3 is 1.22 bits per heavy atom. The van der Waals surface area contributed by atoms with Crippen molar-refractivity contribution in [3.8, 4) is 0 Å². The van der Waals surface area contributed by atoms with E-state index < -0.39 is 6.10 Å². The van der Waals surface area contributed by atoms with Crippen LogP contribution < -0.4 is 0 Å². The van der Waals surface area contributed by atoms with Crippen molar-refractivity contribution in [2.45, 2.75) is 219 Å². The summed E-state index contributed by atoms with van der Waals surface area (Å²) in [6.07, 6.45) is 59.9. The van der Waals surface area contributed by atoms with E-state index in [2.05, 4.69) is 106 Å². The van der Waals surface area contributed by atoms with Crippen molar-refractivity contribution >= 4 is 17.9 Å². The molecule has 0 fully saturated rings. The van der Waals surface area contributed by atoms with Gasteiger partial charge < -0.3 is 14.2 Å². The van der Waals surface area contributed by atoms with Gasteiger partial charge in [0.2, 0.25) is 0 Å². The molecule has 6 nitrogen and oxygen atoms in total. The Kier molecular flexibility index (Phi) is 44.5. The Hall–Kier alpha value is -3.41. The maximum absolute atomic E-state index is 12.7. The Labute approximate surface area is 363 Å². The zero-order valence-corrected chi connectivity index (χ0v) is 38.2. The van der Waals surface area contributed by atoms with E-state index >= 15 is 0 Å². The third kappa shape index (κ3) is 45.5. The number of esters is 3. The van der Waals surface area contributed by atoms with Crippen molar-refractivity contribution in [1.82, 2.24) is 0 Å². The largest absolute Gasteiger partial charge is 0.462 e. The van der Waals surface area contributed by atoms with Gasteiger partial charge in [-0.3, -0.25) is 14.4 Å². The van der Waals surface area contributed by atoms with Gasteiger partial charge in [-0.25, -0.2) is 0 Å². The molecule has 336 valence electrons. The fourth-order valence-electron chi connectivity index (χ4n) is 6.35. The first-order chi connectivity index (χ1) is 29.0. The molecule has 0 aromatic carbocycles. The lowest BCUT2D eigenvalue weighted by Crippen LogP contribution is -2.30. The summed E-state index contributed by atoms with van der Waals surface area (Å²) < 4.78 is 16.7. The molecule has 0 aromatic heterocycles. The van der Waals surface area contributed by atoms with Crippen LogP contribution in [0, 0.1) is 0 Å². The number of hydrogen-bond acceptors (Lipinski definition) is 6. The van der Waals surface area contributed by atoms with Crippen LogP contribution in [0.2, 0.25) is 0 Å². The quantitative estimate of drug-likeness (QED) is 0.0201. The molecule has 6 heteroatoms. The van der Waals surface area contributed by atoms with Crippen LogP contribution in [-0.4, -0.2) is 37.2 Å². The van der Waals surface area contributed by atoms with Crippen LogP contribution in [0.5, 0.6) is 0 Å². The molecule has 0 heterocycles. The van der Waals surface area contributed by atoms with Crippen LogP contribution in [0.3, 0.4) is 0 Å². The van der Waals surface area contributed by atoms with Crippen molar-refractivity contribution in [2.75, 3.05) is 13.2 Å². The SMILES string of the molecule is CC/C=C\C/C=C\C/C=C\CCCCCCC(=O)OC(COC(=O)CCCCCCC\C=C/C=C\C=C/C=C\CCCCC)COC(=O)CCCCCCCCCCC. The molecule has 0 aliphatic heterocycles. The highest BCUT2D eigenvalue weighted by Gasteiger charge is 2.19. The van der Waals surface area contributed by atoms with Gasteiger partial charge in [0.05, 0.1) is 0 Å². The number of hydrogen-bond donors (Lipinski definition) is 0. The molecular formula is C53H88O6. The lowest BCUT2D eigenvalue weighted by molar-refractivity contribution is -0.167. The predicted octanol–water partition coefficient (Wildman–Crippen LogP) is 15.6. The van der Waals surface area contributed by atoms with E-state index in [-0.39, 0.29) is 31.1 Å². The molecule has 0 radical (unpaired) electrons. The monoisotopic (exact) mass is 821 g/mol. The molecule has 0 aliphatic rings. The van der Waals surface area contributed by atoms with E-state index in [0.29, 0.717) is 19.3 Å². The highest BCUT2D eigenvalue weighted by molar-refractivity contribution is 5.71. The van der Waals surface area contributed by atoms with Crippen molar-refractivity contribution in [2.24, 2.45) is 0 Å². The van der Waals surface area contributed by atoms with E-state index in [4.69, 9.17) is 14.2 Å². The molecule has 0 spiro atoms. The zero-order chi connectivity index (χ0) is 43.0. The summed E-state index contributed by atoms with van der Waals surface area (Å²) in [5.74, 6) is -0.947. The van der Waals surface area contributed by atoms with Gasteiger partial charge in [-0.1, -0.05) is 202 Å². The number of unbranched alkanes of at least 4 members (excludes halogenated alkanes) is 20. The first-order valence-electron chi connectivity index (χ1n) is 24.1. The molecule has 0 saturated carbocycles. The second kappa shape index (κ2) is 47.3. The molecule has 0 aromatic rings. The highest BCUT2D eigenvalue weighted by Crippen LogP contribution is 2.13. The van der Waals surface area contributed by atoms with Crippen LogP contribution in [0.15, 0.2) is 85.1 Å². The van der Waals surface area contributed by atoms with Crippen molar-refractivity contribution in [1.29, 1.82) is 0 Å². The molecule has 0 amide bonds. The number of carbonyl (C=O) groups excluding carboxylic acids is 3. The van der Waals surface area contributed by atoms with E-state index in [0.717, 1.165) is 116 Å². The van der Waals surface area contributed by atoms with Crippen LogP contribution in [-0.2, 0) is 28.6 Å². The number of rotatable bonds is 42. The Balaban J connectivity index is 4.44. The van der Waals surface area contributed by atoms with Gasteiger partial charge in [0.1, 0.15) is 13.2 Å². The van der Waals surface area contributed by atoms with Crippen molar-refractivity contribution in [3.05, 3.63) is 85.1 Å². The summed E-state index contributed by atoms with van der Waals surface area (Å²) in [7, 11) is 0. The van der Waals surface area contributed by atoms with Crippen LogP contribution in [0.4, 0.5) is 0 Å². The van der Waals surface area contributed by atoms with Gasteiger partial charge in [-0.15, -0.1) is 0 Å². The summed E-state index contributed by atoms with van der Waals surface area (Å²) in [6, 6.07) is 0. The fraction of sp³-hybridized carbons (Fsp3) is 0.679. The molecule has 1 unspecified atom stereocenters. The second-order valence-corrected chi connectivity index (χ2v) is 15.7. The summed E-state index contributed by atoms with van der Waals surface area (Å²) in [6.45, 7) is 6.41. The maximum atomic E-state index is 12.7.